The van der Waals surface area contributed by atoms with Crippen molar-refractivity contribution in [1.29, 1.82) is 0 Å². The fourth-order valence-corrected chi connectivity index (χ4v) is 6.22. The number of esters is 1. The summed E-state index contributed by atoms with van der Waals surface area (Å²) in [6.45, 7) is 7.81. The Morgan fingerprint density at radius 2 is 1.57 bits per heavy atom. The lowest BCUT2D eigenvalue weighted by molar-refractivity contribution is 0.0452. The van der Waals surface area contributed by atoms with Crippen LogP contribution in [-0.4, -0.2) is 63.7 Å². The third-order valence-corrected chi connectivity index (χ3v) is 8.31. The number of nitrogens with one attached hydrogen (secondary N) is 1. The van der Waals surface area contributed by atoms with Crippen LogP contribution in [0.1, 0.15) is 86.5 Å². The molecule has 0 unspecified atom stereocenters. The summed E-state index contributed by atoms with van der Waals surface area (Å²) in [4.78, 5) is 40.7. The lowest BCUT2D eigenvalue weighted by Gasteiger charge is -2.37. The lowest BCUT2D eigenvalue weighted by atomic mass is 9.90. The molecule has 2 aliphatic rings. The largest absolute Gasteiger partial charge is 0.462 e. The molecule has 0 bridgehead atoms. The Morgan fingerprint density at radius 1 is 0.955 bits per heavy atom. The Labute approximate surface area is 258 Å². The molecule has 44 heavy (non-hydrogen) atoms. The van der Waals surface area contributed by atoms with Gasteiger partial charge in [0.15, 0.2) is 0 Å². The SMILES string of the molecule is CCOC(=O)c1cnn(C)c1CN(C(=O)OCC1c2ccccc2-c2ccccc21)C1CCC(NC(=O)OC(C)(C)C)CC1. The normalized spacial score (nSPS) is 17.8. The van der Waals surface area contributed by atoms with E-state index in [1.807, 2.05) is 45.0 Å². The molecule has 0 radical (unpaired) electrons. The van der Waals surface area contributed by atoms with Gasteiger partial charge in [0, 0.05) is 25.0 Å². The summed E-state index contributed by atoms with van der Waals surface area (Å²) in [5, 5.41) is 7.25. The fourth-order valence-electron chi connectivity index (χ4n) is 6.22. The maximum absolute atomic E-state index is 14.0. The van der Waals surface area contributed by atoms with Crippen molar-refractivity contribution in [3.63, 3.8) is 0 Å². The van der Waals surface area contributed by atoms with Crippen molar-refractivity contribution in [1.82, 2.24) is 20.0 Å². The minimum atomic E-state index is -0.581. The molecule has 0 saturated heterocycles. The molecule has 1 heterocycles. The number of amides is 2. The molecular weight excluding hydrogens is 560 g/mol. The van der Waals surface area contributed by atoms with Gasteiger partial charge in [0.05, 0.1) is 25.0 Å². The van der Waals surface area contributed by atoms with Gasteiger partial charge in [0.2, 0.25) is 0 Å². The van der Waals surface area contributed by atoms with Crippen LogP contribution in [0, 0.1) is 0 Å². The van der Waals surface area contributed by atoms with Crippen LogP contribution in [0.2, 0.25) is 0 Å². The summed E-state index contributed by atoms with van der Waals surface area (Å²) < 4.78 is 18.4. The highest BCUT2D eigenvalue weighted by Crippen LogP contribution is 2.44. The number of ether oxygens (including phenoxy) is 3. The number of fused-ring (bicyclic) bond motifs is 3. The molecule has 234 valence electrons. The average molecular weight is 603 g/mol. The number of benzene rings is 2. The standard InChI is InChI=1S/C34H42N4O6/c1-6-42-31(39)28-19-35-37(5)30(28)20-38(23-17-15-22(16-18-23)36-32(40)44-34(2,3)4)33(41)43-21-29-26-13-9-7-11-24(26)25-12-8-10-14-27(25)29/h7-14,19,22-23,29H,6,15-18,20-21H2,1-5H3,(H,36,40). The summed E-state index contributed by atoms with van der Waals surface area (Å²) in [5.41, 5.74) is 4.91. The first-order chi connectivity index (χ1) is 21.1. The summed E-state index contributed by atoms with van der Waals surface area (Å²) in [7, 11) is 1.75. The van der Waals surface area contributed by atoms with Crippen LogP contribution in [0.3, 0.4) is 0 Å². The van der Waals surface area contributed by atoms with Crippen molar-refractivity contribution in [3.8, 4) is 11.1 Å². The molecule has 0 spiro atoms. The first kappa shape index (κ1) is 31.1. The molecule has 0 aliphatic heterocycles. The van der Waals surface area contributed by atoms with Crippen LogP contribution in [-0.2, 0) is 27.8 Å². The van der Waals surface area contributed by atoms with E-state index in [1.54, 1.807) is 23.6 Å². The van der Waals surface area contributed by atoms with E-state index >= 15 is 0 Å². The van der Waals surface area contributed by atoms with E-state index in [0.29, 0.717) is 36.9 Å². The van der Waals surface area contributed by atoms with Gasteiger partial charge in [-0.15, -0.1) is 0 Å². The van der Waals surface area contributed by atoms with Gasteiger partial charge in [-0.3, -0.25) is 9.58 Å². The molecule has 0 atom stereocenters. The number of aryl methyl sites for hydroxylation is 1. The maximum Gasteiger partial charge on any atom is 0.410 e. The minimum Gasteiger partial charge on any atom is -0.462 e. The first-order valence-corrected chi connectivity index (χ1v) is 15.3. The summed E-state index contributed by atoms with van der Waals surface area (Å²) in [6, 6.07) is 16.2. The maximum atomic E-state index is 14.0. The number of aromatic nitrogens is 2. The Bertz CT molecular complexity index is 1460. The zero-order chi connectivity index (χ0) is 31.4. The van der Waals surface area contributed by atoms with Gasteiger partial charge in [0.25, 0.3) is 0 Å². The number of alkyl carbamates (subject to hydrolysis) is 1. The van der Waals surface area contributed by atoms with Crippen LogP contribution in [0.5, 0.6) is 0 Å². The lowest BCUT2D eigenvalue weighted by Crippen LogP contribution is -2.47. The highest BCUT2D eigenvalue weighted by atomic mass is 16.6. The van der Waals surface area contributed by atoms with Gasteiger partial charge < -0.3 is 19.5 Å². The summed E-state index contributed by atoms with van der Waals surface area (Å²) in [5.74, 6) is -0.554. The molecule has 10 nitrogen and oxygen atoms in total. The average Bonchev–Trinajstić information content (AvgIpc) is 3.51. The summed E-state index contributed by atoms with van der Waals surface area (Å²) >= 11 is 0. The number of hydrogen-bond acceptors (Lipinski definition) is 7. The number of carbonyl (C=O) groups excluding carboxylic acids is 3. The van der Waals surface area contributed by atoms with Gasteiger partial charge in [-0.05, 0) is 75.6 Å². The molecule has 1 fully saturated rings. The van der Waals surface area contributed by atoms with Crippen molar-refractivity contribution in [2.24, 2.45) is 7.05 Å². The van der Waals surface area contributed by atoms with Gasteiger partial charge in [0.1, 0.15) is 17.8 Å². The Morgan fingerprint density at radius 3 is 2.16 bits per heavy atom. The number of rotatable bonds is 8. The van der Waals surface area contributed by atoms with Crippen molar-refractivity contribution in [3.05, 3.63) is 77.1 Å². The number of hydrogen-bond donors (Lipinski definition) is 1. The van der Waals surface area contributed by atoms with E-state index in [0.717, 1.165) is 22.3 Å². The first-order valence-electron chi connectivity index (χ1n) is 15.3. The highest BCUT2D eigenvalue weighted by molar-refractivity contribution is 5.90. The predicted molar refractivity (Wildman–Crippen MR) is 165 cm³/mol. The zero-order valence-electron chi connectivity index (χ0n) is 26.2. The van der Waals surface area contributed by atoms with E-state index in [9.17, 15) is 14.4 Å². The highest BCUT2D eigenvalue weighted by Gasteiger charge is 2.35. The Hall–Kier alpha value is -4.34. The Balaban J connectivity index is 1.34. The molecule has 1 N–H and O–H groups in total. The van der Waals surface area contributed by atoms with E-state index in [4.69, 9.17) is 14.2 Å². The third kappa shape index (κ3) is 6.90. The van der Waals surface area contributed by atoms with Crippen molar-refractivity contribution in [2.45, 2.75) is 83.5 Å². The van der Waals surface area contributed by atoms with Crippen molar-refractivity contribution >= 4 is 18.2 Å². The molecule has 10 heteroatoms. The molecule has 2 aromatic carbocycles. The quantitative estimate of drug-likeness (QED) is 0.242. The van der Waals surface area contributed by atoms with E-state index in [1.165, 1.54) is 6.20 Å². The van der Waals surface area contributed by atoms with E-state index < -0.39 is 23.8 Å². The Kier molecular flexibility index (Phi) is 9.27. The molecule has 2 aliphatic carbocycles. The summed E-state index contributed by atoms with van der Waals surface area (Å²) in [6.07, 6.45) is 3.23. The number of carbonyl (C=O) groups is 3. The van der Waals surface area contributed by atoms with E-state index in [2.05, 4.69) is 34.7 Å². The topological polar surface area (TPSA) is 112 Å². The van der Waals surface area contributed by atoms with Gasteiger partial charge in [-0.25, -0.2) is 14.4 Å². The molecule has 5 rings (SSSR count). The molecular formula is C34H42N4O6. The van der Waals surface area contributed by atoms with Crippen LogP contribution in [0.15, 0.2) is 54.7 Å². The molecule has 1 saturated carbocycles. The van der Waals surface area contributed by atoms with Gasteiger partial charge in [-0.1, -0.05) is 48.5 Å². The van der Waals surface area contributed by atoms with Gasteiger partial charge >= 0.3 is 18.2 Å². The monoisotopic (exact) mass is 602 g/mol. The molecule has 1 aromatic heterocycles. The molecule has 2 amide bonds. The third-order valence-electron chi connectivity index (χ3n) is 8.31. The second-order valence-corrected chi connectivity index (χ2v) is 12.4. The van der Waals surface area contributed by atoms with Crippen molar-refractivity contribution in [2.75, 3.05) is 13.2 Å². The zero-order valence-corrected chi connectivity index (χ0v) is 26.2. The van der Waals surface area contributed by atoms with E-state index in [-0.39, 0.29) is 37.8 Å². The fraction of sp³-hybridized carbons (Fsp3) is 0.471. The van der Waals surface area contributed by atoms with Crippen molar-refractivity contribution < 1.29 is 28.6 Å². The van der Waals surface area contributed by atoms with Gasteiger partial charge in [-0.2, -0.15) is 5.10 Å². The predicted octanol–water partition coefficient (Wildman–Crippen LogP) is 6.18. The second kappa shape index (κ2) is 13.1. The van der Waals surface area contributed by atoms with Crippen LogP contribution in [0.4, 0.5) is 9.59 Å². The van der Waals surface area contributed by atoms with Crippen LogP contribution >= 0.6 is 0 Å². The van der Waals surface area contributed by atoms with Crippen LogP contribution in [0.25, 0.3) is 11.1 Å². The molecule has 3 aromatic rings. The second-order valence-electron chi connectivity index (χ2n) is 12.4. The smallest absolute Gasteiger partial charge is 0.410 e. The van der Waals surface area contributed by atoms with Crippen LogP contribution < -0.4 is 5.32 Å². The number of nitrogens with zero attached hydrogens (tertiary/aromatic N) is 3. The minimum absolute atomic E-state index is 0.0581.